The summed E-state index contributed by atoms with van der Waals surface area (Å²) in [5, 5.41) is 2.67. The highest BCUT2D eigenvalue weighted by Gasteiger charge is 2.21. The van der Waals surface area contributed by atoms with Crippen LogP contribution in [-0.4, -0.2) is 20.9 Å². The van der Waals surface area contributed by atoms with Crippen LogP contribution >= 0.6 is 0 Å². The molecule has 0 spiro atoms. The van der Waals surface area contributed by atoms with Crippen molar-refractivity contribution in [3.05, 3.63) is 89.2 Å². The number of anilines is 1. The zero-order valence-corrected chi connectivity index (χ0v) is 18.0. The quantitative estimate of drug-likeness (QED) is 0.546. The molecule has 0 radical (unpaired) electrons. The van der Waals surface area contributed by atoms with Crippen molar-refractivity contribution in [1.82, 2.24) is 4.72 Å². The molecule has 2 N–H and O–H groups in total. The summed E-state index contributed by atoms with van der Waals surface area (Å²) in [5.74, 6) is -1.04. The highest BCUT2D eigenvalue weighted by Crippen LogP contribution is 2.25. The summed E-state index contributed by atoms with van der Waals surface area (Å²) in [4.78, 5) is 12.1. The van der Waals surface area contributed by atoms with E-state index in [-0.39, 0.29) is 12.1 Å². The van der Waals surface area contributed by atoms with Crippen molar-refractivity contribution in [1.29, 1.82) is 0 Å². The van der Waals surface area contributed by atoms with Gasteiger partial charge in [0.05, 0.1) is 12.3 Å². The van der Waals surface area contributed by atoms with E-state index in [1.54, 1.807) is 36.4 Å². The Bertz CT molecular complexity index is 1180. The molecule has 0 saturated heterocycles. The van der Waals surface area contributed by atoms with Gasteiger partial charge in [-0.05, 0) is 49.7 Å². The van der Waals surface area contributed by atoms with Crippen LogP contribution in [0.25, 0.3) is 0 Å². The molecule has 0 aliphatic heterocycles. The molecule has 162 valence electrons. The van der Waals surface area contributed by atoms with E-state index < -0.39 is 26.6 Å². The number of sulfonamides is 1. The molecule has 3 aromatic rings. The van der Waals surface area contributed by atoms with Gasteiger partial charge in [-0.25, -0.2) is 17.5 Å². The maximum Gasteiger partial charge on any atom is 0.255 e. The second-order valence-corrected chi connectivity index (χ2v) is 8.57. The first-order valence-electron chi connectivity index (χ1n) is 9.68. The van der Waals surface area contributed by atoms with Gasteiger partial charge in [-0.1, -0.05) is 42.0 Å². The third kappa shape index (κ3) is 5.68. The molecule has 0 heterocycles. The number of amides is 1. The Balaban J connectivity index is 1.80. The van der Waals surface area contributed by atoms with E-state index >= 15 is 0 Å². The summed E-state index contributed by atoms with van der Waals surface area (Å²) < 4.78 is 47.5. The number of hydrogen-bond acceptors (Lipinski definition) is 4. The molecule has 3 aromatic carbocycles. The lowest BCUT2D eigenvalue weighted by atomic mass is 10.2. The third-order valence-electron chi connectivity index (χ3n) is 4.50. The minimum atomic E-state index is -4.17. The van der Waals surface area contributed by atoms with Gasteiger partial charge >= 0.3 is 0 Å². The first kappa shape index (κ1) is 22.5. The van der Waals surface area contributed by atoms with E-state index in [0.717, 1.165) is 23.3 Å². The molecule has 0 bridgehead atoms. The van der Waals surface area contributed by atoms with Crippen LogP contribution in [0, 0.1) is 12.7 Å². The first-order chi connectivity index (χ1) is 14.8. The summed E-state index contributed by atoms with van der Waals surface area (Å²) >= 11 is 0. The molecule has 0 aromatic heterocycles. The lowest BCUT2D eigenvalue weighted by molar-refractivity contribution is 0.102. The SMILES string of the molecule is CCOc1ccccc1NC(=O)c1ccc(F)c(S(=O)(=O)NCc2ccc(C)cc2)c1. The molecule has 1 amide bonds. The number of benzene rings is 3. The van der Waals surface area contributed by atoms with Gasteiger partial charge in [0.1, 0.15) is 16.5 Å². The number of carbonyl (C=O) groups is 1. The zero-order valence-electron chi connectivity index (χ0n) is 17.2. The summed E-state index contributed by atoms with van der Waals surface area (Å²) in [7, 11) is -4.17. The average Bonchev–Trinajstić information content (AvgIpc) is 2.75. The van der Waals surface area contributed by atoms with E-state index in [4.69, 9.17) is 4.74 Å². The Morgan fingerprint density at radius 1 is 1.03 bits per heavy atom. The Kier molecular flexibility index (Phi) is 7.04. The maximum atomic E-state index is 14.3. The molecule has 0 saturated carbocycles. The van der Waals surface area contributed by atoms with E-state index in [1.807, 2.05) is 26.0 Å². The topological polar surface area (TPSA) is 84.5 Å². The van der Waals surface area contributed by atoms with Crippen LogP contribution in [0.2, 0.25) is 0 Å². The van der Waals surface area contributed by atoms with Gasteiger partial charge in [0.25, 0.3) is 5.91 Å². The van der Waals surface area contributed by atoms with Crippen LogP contribution in [0.4, 0.5) is 10.1 Å². The summed E-state index contributed by atoms with van der Waals surface area (Å²) in [6.07, 6.45) is 0. The van der Waals surface area contributed by atoms with Gasteiger partial charge in [-0.2, -0.15) is 0 Å². The fourth-order valence-corrected chi connectivity index (χ4v) is 3.98. The zero-order chi connectivity index (χ0) is 22.4. The van der Waals surface area contributed by atoms with Crippen LogP contribution in [0.3, 0.4) is 0 Å². The fraction of sp³-hybridized carbons (Fsp3) is 0.174. The molecule has 0 aliphatic carbocycles. The first-order valence-corrected chi connectivity index (χ1v) is 11.2. The molecular weight excluding hydrogens is 419 g/mol. The van der Waals surface area contributed by atoms with Gasteiger partial charge in [-0.3, -0.25) is 4.79 Å². The Morgan fingerprint density at radius 3 is 2.45 bits per heavy atom. The third-order valence-corrected chi connectivity index (χ3v) is 5.92. The van der Waals surface area contributed by atoms with Crippen molar-refractivity contribution in [2.24, 2.45) is 0 Å². The summed E-state index contributed by atoms with van der Waals surface area (Å²) in [5.41, 5.74) is 2.21. The molecule has 8 heteroatoms. The lowest BCUT2D eigenvalue weighted by Gasteiger charge is -2.12. The van der Waals surface area contributed by atoms with Crippen LogP contribution in [0.1, 0.15) is 28.4 Å². The van der Waals surface area contributed by atoms with Crippen LogP contribution in [0.5, 0.6) is 5.75 Å². The van der Waals surface area contributed by atoms with Crippen LogP contribution in [0.15, 0.2) is 71.6 Å². The van der Waals surface area contributed by atoms with Crippen molar-refractivity contribution in [2.75, 3.05) is 11.9 Å². The molecule has 6 nitrogen and oxygen atoms in total. The number of rotatable bonds is 8. The highest BCUT2D eigenvalue weighted by atomic mass is 32.2. The van der Waals surface area contributed by atoms with Gasteiger partial charge in [0, 0.05) is 12.1 Å². The van der Waals surface area contributed by atoms with Crippen molar-refractivity contribution >= 4 is 21.6 Å². The molecular formula is C23H23FN2O4S. The predicted octanol–water partition coefficient (Wildman–Crippen LogP) is 4.26. The normalized spacial score (nSPS) is 11.2. The van der Waals surface area contributed by atoms with Gasteiger partial charge in [-0.15, -0.1) is 0 Å². The smallest absolute Gasteiger partial charge is 0.255 e. The number of nitrogens with one attached hydrogen (secondary N) is 2. The monoisotopic (exact) mass is 442 g/mol. The highest BCUT2D eigenvalue weighted by molar-refractivity contribution is 7.89. The second kappa shape index (κ2) is 9.72. The minimum Gasteiger partial charge on any atom is -0.492 e. The van der Waals surface area contributed by atoms with E-state index in [0.29, 0.717) is 18.0 Å². The fourth-order valence-electron chi connectivity index (χ4n) is 2.86. The van der Waals surface area contributed by atoms with E-state index in [1.165, 1.54) is 6.07 Å². The standard InChI is InChI=1S/C23H23FN2O4S/c1-3-30-21-7-5-4-6-20(21)26-23(27)18-12-13-19(24)22(14-18)31(28,29)25-15-17-10-8-16(2)9-11-17/h4-14,25H,3,15H2,1-2H3,(H,26,27). The number of halogens is 1. The Labute approximate surface area is 181 Å². The minimum absolute atomic E-state index is 0.000208. The largest absolute Gasteiger partial charge is 0.492 e. The predicted molar refractivity (Wildman–Crippen MR) is 117 cm³/mol. The molecule has 0 unspecified atom stereocenters. The van der Waals surface area contributed by atoms with Crippen LogP contribution in [-0.2, 0) is 16.6 Å². The van der Waals surface area contributed by atoms with Gasteiger partial charge < -0.3 is 10.1 Å². The molecule has 31 heavy (non-hydrogen) atoms. The van der Waals surface area contributed by atoms with Gasteiger partial charge in [0.2, 0.25) is 10.0 Å². The average molecular weight is 443 g/mol. The summed E-state index contributed by atoms with van der Waals surface area (Å²) in [6, 6.07) is 17.4. The van der Waals surface area contributed by atoms with Gasteiger partial charge in [0.15, 0.2) is 0 Å². The van der Waals surface area contributed by atoms with Crippen molar-refractivity contribution in [3.8, 4) is 5.75 Å². The maximum absolute atomic E-state index is 14.3. The lowest BCUT2D eigenvalue weighted by Crippen LogP contribution is -2.25. The second-order valence-electron chi connectivity index (χ2n) is 6.84. The van der Waals surface area contributed by atoms with Crippen LogP contribution < -0.4 is 14.8 Å². The number of aryl methyl sites for hydroxylation is 1. The van der Waals surface area contributed by atoms with Crippen molar-refractivity contribution in [3.63, 3.8) is 0 Å². The number of carbonyl (C=O) groups excluding carboxylic acids is 1. The number of hydrogen-bond donors (Lipinski definition) is 2. The van der Waals surface area contributed by atoms with E-state index in [2.05, 4.69) is 10.0 Å². The molecule has 0 atom stereocenters. The molecule has 0 aliphatic rings. The van der Waals surface area contributed by atoms with Crippen molar-refractivity contribution in [2.45, 2.75) is 25.3 Å². The van der Waals surface area contributed by atoms with E-state index in [9.17, 15) is 17.6 Å². The van der Waals surface area contributed by atoms with Crippen molar-refractivity contribution < 1.29 is 22.3 Å². The molecule has 0 fully saturated rings. The Morgan fingerprint density at radius 2 is 1.74 bits per heavy atom. The Hall–Kier alpha value is -3.23. The number of ether oxygens (including phenoxy) is 1. The summed E-state index contributed by atoms with van der Waals surface area (Å²) in [6.45, 7) is 4.16. The molecule has 3 rings (SSSR count). The number of para-hydroxylation sites is 2.